The summed E-state index contributed by atoms with van der Waals surface area (Å²) in [4.78, 5) is 32.3. The fourth-order valence-corrected chi connectivity index (χ4v) is 4.51. The molecule has 0 saturated heterocycles. The van der Waals surface area contributed by atoms with Crippen molar-refractivity contribution >= 4 is 30.3 Å². The first-order valence-electron chi connectivity index (χ1n) is 8.18. The normalized spacial score (nSPS) is 15.9. The van der Waals surface area contributed by atoms with Crippen LogP contribution in [0, 0.1) is 0 Å². The van der Waals surface area contributed by atoms with Crippen molar-refractivity contribution < 1.29 is 33.8 Å². The molecule has 0 aliphatic carbocycles. The van der Waals surface area contributed by atoms with Crippen LogP contribution < -0.4 is 0 Å². The number of aliphatic carboxylic acids is 2. The molecule has 140 valence electrons. The molecule has 0 saturated carbocycles. The Bertz CT molecular complexity index is 848. The third-order valence-electron chi connectivity index (χ3n) is 4.11. The lowest BCUT2D eigenvalue weighted by Crippen LogP contribution is -2.24. The molecule has 2 aromatic rings. The molecule has 0 bridgehead atoms. The summed E-state index contributed by atoms with van der Waals surface area (Å²) in [6.45, 7) is 1.71. The Morgan fingerprint density at radius 1 is 1.12 bits per heavy atom. The number of carbonyl (C=O) groups is 2. The van der Waals surface area contributed by atoms with Crippen molar-refractivity contribution in [2.45, 2.75) is 37.9 Å². The highest BCUT2D eigenvalue weighted by Crippen LogP contribution is 2.59. The van der Waals surface area contributed by atoms with E-state index in [9.17, 15) is 19.0 Å². The van der Waals surface area contributed by atoms with Crippen LogP contribution in [0.1, 0.15) is 37.4 Å². The molecule has 3 atom stereocenters. The molecular formula is C18H21O7P. The van der Waals surface area contributed by atoms with Crippen LogP contribution in [0.5, 0.6) is 0 Å². The summed E-state index contributed by atoms with van der Waals surface area (Å²) in [6.07, 6.45) is -2.25. The van der Waals surface area contributed by atoms with Crippen LogP contribution in [-0.2, 0) is 18.7 Å². The average Bonchev–Trinajstić information content (AvgIpc) is 2.58. The lowest BCUT2D eigenvalue weighted by molar-refractivity contribution is -0.146. The molecule has 0 radical (unpaired) electrons. The van der Waals surface area contributed by atoms with E-state index in [0.29, 0.717) is 5.56 Å². The first kappa shape index (κ1) is 20.1. The maximum Gasteiger partial charge on any atom is 0.336 e. The number of benzene rings is 2. The molecule has 0 fully saturated rings. The van der Waals surface area contributed by atoms with Gasteiger partial charge in [0.1, 0.15) is 0 Å². The van der Waals surface area contributed by atoms with E-state index in [-0.39, 0.29) is 12.8 Å². The van der Waals surface area contributed by atoms with Crippen LogP contribution in [0.2, 0.25) is 0 Å². The standard InChI is InChI=1S/C18H21O7P/c1-2-16(14-8-7-12-5-3-4-6-13(12)11-14)26(23,24)25-15(18(21)22)9-10-17(19)20/h3-8,11,15-16H,2,9-10H2,1H3,(H,19,20)(H,21,22)(H,23,24). The van der Waals surface area contributed by atoms with E-state index in [0.717, 1.165) is 10.8 Å². The van der Waals surface area contributed by atoms with E-state index in [2.05, 4.69) is 0 Å². The zero-order valence-electron chi connectivity index (χ0n) is 14.2. The number of hydrogen-bond donors (Lipinski definition) is 3. The van der Waals surface area contributed by atoms with Gasteiger partial charge in [-0.2, -0.15) is 0 Å². The molecule has 0 aliphatic rings. The molecule has 0 amide bonds. The van der Waals surface area contributed by atoms with Crippen molar-refractivity contribution in [1.29, 1.82) is 0 Å². The topological polar surface area (TPSA) is 121 Å². The molecule has 0 heterocycles. The van der Waals surface area contributed by atoms with E-state index in [4.69, 9.17) is 14.7 Å². The lowest BCUT2D eigenvalue weighted by Gasteiger charge is -2.25. The highest BCUT2D eigenvalue weighted by atomic mass is 31.2. The van der Waals surface area contributed by atoms with E-state index < -0.39 is 37.7 Å². The summed E-state index contributed by atoms with van der Waals surface area (Å²) in [5, 5.41) is 19.7. The predicted octanol–water partition coefficient (Wildman–Crippen LogP) is 3.81. The van der Waals surface area contributed by atoms with Gasteiger partial charge in [0.15, 0.2) is 6.10 Å². The van der Waals surface area contributed by atoms with Gasteiger partial charge in [0.2, 0.25) is 0 Å². The van der Waals surface area contributed by atoms with Crippen molar-refractivity contribution in [1.82, 2.24) is 0 Å². The average molecular weight is 380 g/mol. The summed E-state index contributed by atoms with van der Waals surface area (Å²) in [5.74, 6) is -2.66. The van der Waals surface area contributed by atoms with Crippen molar-refractivity contribution in [2.75, 3.05) is 0 Å². The molecule has 0 aliphatic heterocycles. The number of carboxylic acids is 2. The zero-order valence-corrected chi connectivity index (χ0v) is 15.1. The number of hydrogen-bond acceptors (Lipinski definition) is 4. The van der Waals surface area contributed by atoms with E-state index in [1.807, 2.05) is 30.3 Å². The van der Waals surface area contributed by atoms with Gasteiger partial charge in [-0.05, 0) is 29.2 Å². The Labute approximate surface area is 150 Å². The first-order valence-corrected chi connectivity index (χ1v) is 9.83. The maximum atomic E-state index is 12.8. The molecule has 0 aromatic heterocycles. The van der Waals surface area contributed by atoms with E-state index in [1.54, 1.807) is 19.1 Å². The van der Waals surface area contributed by atoms with E-state index >= 15 is 0 Å². The van der Waals surface area contributed by atoms with Crippen LogP contribution in [-0.4, -0.2) is 33.1 Å². The molecule has 3 N–H and O–H groups in total. The van der Waals surface area contributed by atoms with Gasteiger partial charge in [0.25, 0.3) is 0 Å². The van der Waals surface area contributed by atoms with Gasteiger partial charge in [-0.25, -0.2) is 4.79 Å². The molecule has 8 heteroatoms. The first-order chi connectivity index (χ1) is 12.2. The quantitative estimate of drug-likeness (QED) is 0.566. The van der Waals surface area contributed by atoms with Crippen LogP contribution in [0.3, 0.4) is 0 Å². The lowest BCUT2D eigenvalue weighted by atomic mass is 10.0. The fraction of sp³-hybridized carbons (Fsp3) is 0.333. The third kappa shape index (κ3) is 4.91. The summed E-state index contributed by atoms with van der Waals surface area (Å²) < 4.78 is 17.8. The van der Waals surface area contributed by atoms with Crippen molar-refractivity contribution in [2.24, 2.45) is 0 Å². The summed E-state index contributed by atoms with van der Waals surface area (Å²) >= 11 is 0. The zero-order chi connectivity index (χ0) is 19.3. The van der Waals surface area contributed by atoms with Gasteiger partial charge in [0, 0.05) is 6.42 Å². The maximum absolute atomic E-state index is 12.8. The summed E-state index contributed by atoms with van der Waals surface area (Å²) in [7, 11) is -4.35. The van der Waals surface area contributed by atoms with Crippen molar-refractivity contribution in [3.63, 3.8) is 0 Å². The second-order valence-electron chi connectivity index (χ2n) is 5.96. The van der Waals surface area contributed by atoms with Gasteiger partial charge in [-0.15, -0.1) is 0 Å². The van der Waals surface area contributed by atoms with Crippen molar-refractivity contribution in [3.05, 3.63) is 48.0 Å². The molecule has 2 aromatic carbocycles. The largest absolute Gasteiger partial charge is 0.481 e. The summed E-state index contributed by atoms with van der Waals surface area (Å²) in [6, 6.07) is 12.9. The highest BCUT2D eigenvalue weighted by molar-refractivity contribution is 7.53. The van der Waals surface area contributed by atoms with Crippen LogP contribution in [0.25, 0.3) is 10.8 Å². The number of carboxylic acid groups (broad SMARTS) is 2. The Balaban J connectivity index is 2.28. The molecule has 0 spiro atoms. The van der Waals surface area contributed by atoms with Gasteiger partial charge >= 0.3 is 19.5 Å². The fourth-order valence-electron chi connectivity index (χ4n) is 2.80. The summed E-state index contributed by atoms with van der Waals surface area (Å²) in [5.41, 5.74) is -0.335. The third-order valence-corrected chi connectivity index (χ3v) is 6.12. The Morgan fingerprint density at radius 2 is 1.77 bits per heavy atom. The van der Waals surface area contributed by atoms with Gasteiger partial charge < -0.3 is 15.1 Å². The van der Waals surface area contributed by atoms with Crippen LogP contribution >= 0.6 is 7.60 Å². The Hall–Kier alpha value is -2.21. The molecule has 26 heavy (non-hydrogen) atoms. The van der Waals surface area contributed by atoms with E-state index in [1.165, 1.54) is 0 Å². The van der Waals surface area contributed by atoms with Gasteiger partial charge in [-0.3, -0.25) is 13.9 Å². The van der Waals surface area contributed by atoms with Crippen LogP contribution in [0.15, 0.2) is 42.5 Å². The predicted molar refractivity (Wildman–Crippen MR) is 96.2 cm³/mol. The molecule has 7 nitrogen and oxygen atoms in total. The van der Waals surface area contributed by atoms with Gasteiger partial charge in [0.05, 0.1) is 5.66 Å². The van der Waals surface area contributed by atoms with Gasteiger partial charge in [-0.1, -0.05) is 49.4 Å². The second-order valence-corrected chi connectivity index (χ2v) is 7.92. The monoisotopic (exact) mass is 380 g/mol. The molecule has 2 rings (SSSR count). The minimum Gasteiger partial charge on any atom is -0.481 e. The van der Waals surface area contributed by atoms with Crippen molar-refractivity contribution in [3.8, 4) is 0 Å². The molecular weight excluding hydrogens is 359 g/mol. The Morgan fingerprint density at radius 3 is 2.35 bits per heavy atom. The highest BCUT2D eigenvalue weighted by Gasteiger charge is 2.37. The SMILES string of the molecule is CCC(c1ccc2ccccc2c1)P(=O)(O)OC(CCC(=O)O)C(=O)O. The Kier molecular flexibility index (Phi) is 6.53. The minimum atomic E-state index is -4.35. The number of fused-ring (bicyclic) bond motifs is 1. The smallest absolute Gasteiger partial charge is 0.336 e. The minimum absolute atomic E-state index is 0.261. The van der Waals surface area contributed by atoms with Crippen LogP contribution in [0.4, 0.5) is 0 Å². The second kappa shape index (κ2) is 8.45. The number of rotatable bonds is 9. The molecule has 3 unspecified atom stereocenters.